The van der Waals surface area contributed by atoms with E-state index in [0.29, 0.717) is 0 Å². The van der Waals surface area contributed by atoms with Crippen molar-refractivity contribution < 1.29 is 39.5 Å². The van der Waals surface area contributed by atoms with Crippen LogP contribution in [0, 0.1) is 0 Å². The van der Waals surface area contributed by atoms with Crippen LogP contribution in [-0.4, -0.2) is 43.0 Å². The van der Waals surface area contributed by atoms with E-state index in [2.05, 4.69) is 0 Å². The Morgan fingerprint density at radius 3 is 1.61 bits per heavy atom. The zero-order valence-corrected chi connectivity index (χ0v) is 9.46. The summed E-state index contributed by atoms with van der Waals surface area (Å²) in [5, 5.41) is 25.7. The topological polar surface area (TPSA) is 152 Å². The summed E-state index contributed by atoms with van der Waals surface area (Å²) in [7, 11) is -3.07. The fourth-order valence-corrected chi connectivity index (χ4v) is 2.17. The number of aromatic carboxylic acids is 3. The highest BCUT2D eigenvalue weighted by Crippen LogP contribution is 2.28. The number of carbonyl (C=O) groups is 3. The van der Waals surface area contributed by atoms with Gasteiger partial charge >= 0.3 is 17.9 Å². The Hall–Kier alpha value is -2.02. The van der Waals surface area contributed by atoms with Gasteiger partial charge in [-0.2, -0.15) is 0 Å². The second-order valence-electron chi connectivity index (χ2n) is 3.09. The van der Waals surface area contributed by atoms with Gasteiger partial charge in [0.15, 0.2) is 0 Å². The highest BCUT2D eigenvalue weighted by atomic mass is 31.2. The molecule has 0 saturated heterocycles. The summed E-state index contributed by atoms with van der Waals surface area (Å²) >= 11 is 0. The summed E-state index contributed by atoms with van der Waals surface area (Å²) in [4.78, 5) is 50.8. The van der Waals surface area contributed by atoms with Gasteiger partial charge in [-0.15, -0.1) is 0 Å². The molecule has 0 aliphatic heterocycles. The zero-order valence-electron chi connectivity index (χ0n) is 8.56. The molecule has 0 spiro atoms. The molecule has 0 fully saturated rings. The SMILES string of the molecule is O=C(O)c1ccc(C(=O)O)c(P(O)O)c1C(=O)O. The van der Waals surface area contributed by atoms with Crippen molar-refractivity contribution in [1.82, 2.24) is 0 Å². The number of carboxylic acids is 3. The normalized spacial score (nSPS) is 10.4. The first-order chi connectivity index (χ1) is 8.27. The van der Waals surface area contributed by atoms with Crippen LogP contribution in [0.4, 0.5) is 0 Å². The van der Waals surface area contributed by atoms with Crippen LogP contribution in [0.15, 0.2) is 12.1 Å². The van der Waals surface area contributed by atoms with Crippen LogP contribution in [0.1, 0.15) is 31.1 Å². The lowest BCUT2D eigenvalue weighted by molar-refractivity contribution is 0.0650. The Morgan fingerprint density at radius 2 is 1.28 bits per heavy atom. The van der Waals surface area contributed by atoms with E-state index < -0.39 is 48.3 Å². The third-order valence-corrected chi connectivity index (χ3v) is 2.92. The van der Waals surface area contributed by atoms with Crippen LogP contribution >= 0.6 is 8.38 Å². The quantitative estimate of drug-likeness (QED) is 0.469. The molecule has 1 aromatic rings. The van der Waals surface area contributed by atoms with Crippen molar-refractivity contribution in [3.8, 4) is 0 Å². The molecule has 0 unspecified atom stereocenters. The van der Waals surface area contributed by atoms with E-state index in [4.69, 9.17) is 25.1 Å². The Labute approximate surface area is 101 Å². The maximum atomic E-state index is 11.0. The summed E-state index contributed by atoms with van der Waals surface area (Å²) in [6, 6.07) is 1.60. The molecule has 0 aliphatic carbocycles. The minimum atomic E-state index is -3.07. The molecule has 0 atom stereocenters. The summed E-state index contributed by atoms with van der Waals surface area (Å²) in [6.45, 7) is 0. The lowest BCUT2D eigenvalue weighted by Crippen LogP contribution is -2.25. The van der Waals surface area contributed by atoms with E-state index in [9.17, 15) is 14.4 Å². The minimum absolute atomic E-state index is 0.659. The van der Waals surface area contributed by atoms with E-state index in [1.165, 1.54) is 0 Å². The molecule has 0 bridgehead atoms. The number of hydrogen-bond donors (Lipinski definition) is 5. The monoisotopic (exact) mass is 274 g/mol. The van der Waals surface area contributed by atoms with Crippen molar-refractivity contribution in [3.63, 3.8) is 0 Å². The van der Waals surface area contributed by atoms with Crippen molar-refractivity contribution in [2.75, 3.05) is 0 Å². The molecule has 1 aromatic carbocycles. The number of carboxylic acid groups (broad SMARTS) is 3. The van der Waals surface area contributed by atoms with Crippen molar-refractivity contribution in [2.24, 2.45) is 0 Å². The van der Waals surface area contributed by atoms with Gasteiger partial charge in [-0.3, -0.25) is 0 Å². The Bertz CT molecular complexity index is 536. The van der Waals surface area contributed by atoms with Gasteiger partial charge in [-0.25, -0.2) is 14.4 Å². The van der Waals surface area contributed by atoms with Gasteiger partial charge in [-0.1, -0.05) is 0 Å². The van der Waals surface area contributed by atoms with Gasteiger partial charge in [0.2, 0.25) is 8.38 Å². The number of benzene rings is 1. The fraction of sp³-hybridized carbons (Fsp3) is 0. The molecule has 0 aromatic heterocycles. The molecule has 0 heterocycles. The first-order valence-electron chi connectivity index (χ1n) is 4.32. The lowest BCUT2D eigenvalue weighted by atomic mass is 10.0. The van der Waals surface area contributed by atoms with Crippen LogP contribution in [0.5, 0.6) is 0 Å². The van der Waals surface area contributed by atoms with E-state index >= 15 is 0 Å². The summed E-state index contributed by atoms with van der Waals surface area (Å²) < 4.78 is 0. The largest absolute Gasteiger partial charge is 0.478 e. The highest BCUT2D eigenvalue weighted by molar-refractivity contribution is 7.54. The van der Waals surface area contributed by atoms with Gasteiger partial charge in [0.25, 0.3) is 0 Å². The third-order valence-electron chi connectivity index (χ3n) is 2.05. The summed E-state index contributed by atoms with van der Waals surface area (Å²) in [5.74, 6) is -4.94. The molecule has 5 N–H and O–H groups in total. The highest BCUT2D eigenvalue weighted by Gasteiger charge is 2.29. The molecule has 0 aliphatic rings. The predicted octanol–water partition coefficient (Wildman–Crippen LogP) is -0.297. The zero-order chi connectivity index (χ0) is 14.0. The van der Waals surface area contributed by atoms with E-state index in [-0.39, 0.29) is 0 Å². The number of hydrogen-bond acceptors (Lipinski definition) is 5. The molecular formula is C9H7O8P. The molecule has 8 nitrogen and oxygen atoms in total. The van der Waals surface area contributed by atoms with E-state index in [1.807, 2.05) is 0 Å². The third kappa shape index (κ3) is 2.45. The Balaban J connectivity index is 3.76. The lowest BCUT2D eigenvalue weighted by Gasteiger charge is -2.12. The van der Waals surface area contributed by atoms with Crippen LogP contribution in [0.25, 0.3) is 0 Å². The molecule has 0 saturated carbocycles. The van der Waals surface area contributed by atoms with Gasteiger partial charge in [0.1, 0.15) is 0 Å². The molecule has 96 valence electrons. The minimum Gasteiger partial charge on any atom is -0.478 e. The standard InChI is InChI=1S/C9H7O8P/c10-7(11)3-1-2-4(8(12)13)6(18(16)17)5(3)9(14)15/h1-2,16-17H,(H,10,11)(H,12,13)(H,14,15). The molecule has 18 heavy (non-hydrogen) atoms. The van der Waals surface area contributed by atoms with Crippen molar-refractivity contribution in [2.45, 2.75) is 0 Å². The smallest absolute Gasteiger partial charge is 0.337 e. The second kappa shape index (κ2) is 5.09. The van der Waals surface area contributed by atoms with Gasteiger partial charge in [0, 0.05) is 0 Å². The van der Waals surface area contributed by atoms with Crippen LogP contribution < -0.4 is 5.30 Å². The van der Waals surface area contributed by atoms with Crippen LogP contribution in [0.3, 0.4) is 0 Å². The van der Waals surface area contributed by atoms with E-state index in [1.54, 1.807) is 0 Å². The van der Waals surface area contributed by atoms with Crippen molar-refractivity contribution >= 4 is 31.6 Å². The second-order valence-corrected chi connectivity index (χ2v) is 4.12. The molecule has 9 heteroatoms. The molecule has 0 amide bonds. The Kier molecular flexibility index (Phi) is 3.97. The first-order valence-corrected chi connectivity index (χ1v) is 5.56. The summed E-state index contributed by atoms with van der Waals surface area (Å²) in [5.41, 5.74) is -2.30. The van der Waals surface area contributed by atoms with Crippen molar-refractivity contribution in [1.29, 1.82) is 0 Å². The maximum absolute atomic E-state index is 11.0. The first kappa shape index (κ1) is 14.0. The maximum Gasteiger partial charge on any atom is 0.337 e. The molecule has 0 radical (unpaired) electrons. The van der Waals surface area contributed by atoms with Crippen LogP contribution in [0.2, 0.25) is 0 Å². The molecular weight excluding hydrogens is 267 g/mol. The van der Waals surface area contributed by atoms with Gasteiger partial charge in [0.05, 0.1) is 22.0 Å². The Morgan fingerprint density at radius 1 is 0.833 bits per heavy atom. The van der Waals surface area contributed by atoms with Gasteiger partial charge < -0.3 is 25.1 Å². The van der Waals surface area contributed by atoms with E-state index in [0.717, 1.165) is 12.1 Å². The summed E-state index contributed by atoms with van der Waals surface area (Å²) in [6.07, 6.45) is 0. The van der Waals surface area contributed by atoms with Gasteiger partial charge in [-0.05, 0) is 12.1 Å². The average molecular weight is 274 g/mol. The fourth-order valence-electron chi connectivity index (χ4n) is 1.37. The molecule has 1 rings (SSSR count). The average Bonchev–Trinajstić information content (AvgIpc) is 2.26. The number of rotatable bonds is 4. The predicted molar refractivity (Wildman–Crippen MR) is 58.3 cm³/mol. The van der Waals surface area contributed by atoms with Crippen LogP contribution in [-0.2, 0) is 0 Å². The van der Waals surface area contributed by atoms with Crippen molar-refractivity contribution in [3.05, 3.63) is 28.8 Å².